The van der Waals surface area contributed by atoms with Crippen molar-refractivity contribution in [2.24, 2.45) is 5.92 Å². The van der Waals surface area contributed by atoms with Gasteiger partial charge in [-0.25, -0.2) is 8.78 Å². The molecular formula is C11H17F2NO2. The number of ether oxygens (including phenoxy) is 1. The number of hydrogen-bond donors (Lipinski definition) is 0. The summed E-state index contributed by atoms with van der Waals surface area (Å²) in [6.45, 7) is 1.94. The number of piperidine rings is 1. The lowest BCUT2D eigenvalue weighted by Crippen LogP contribution is -2.65. The van der Waals surface area contributed by atoms with E-state index in [-0.39, 0.29) is 24.9 Å². The van der Waals surface area contributed by atoms with Crippen molar-refractivity contribution in [3.63, 3.8) is 0 Å². The molecule has 0 N–H and O–H groups in total. The molecule has 0 saturated carbocycles. The van der Waals surface area contributed by atoms with Gasteiger partial charge in [-0.15, -0.1) is 0 Å². The fraction of sp³-hybridized carbons (Fsp3) is 0.909. The van der Waals surface area contributed by atoms with Gasteiger partial charge in [0.1, 0.15) is 5.78 Å². The third kappa shape index (κ3) is 1.86. The van der Waals surface area contributed by atoms with Gasteiger partial charge in [0.2, 0.25) is 0 Å². The van der Waals surface area contributed by atoms with E-state index in [9.17, 15) is 13.6 Å². The number of alkyl halides is 2. The van der Waals surface area contributed by atoms with Crippen LogP contribution in [0.1, 0.15) is 19.8 Å². The van der Waals surface area contributed by atoms with Crippen LogP contribution in [0.3, 0.4) is 0 Å². The second-order valence-electron chi connectivity index (χ2n) is 4.89. The number of halogens is 2. The number of carbonyl (C=O) groups is 1. The molecule has 5 heteroatoms. The molecule has 16 heavy (non-hydrogen) atoms. The molecule has 2 heterocycles. The van der Waals surface area contributed by atoms with Crippen LogP contribution < -0.4 is 0 Å². The highest BCUT2D eigenvalue weighted by Crippen LogP contribution is 2.43. The highest BCUT2D eigenvalue weighted by Gasteiger charge is 2.56. The standard InChI is InChI=1S/C11H17F2NO2/c1-7(15)3-8-4-9-5-16-6-10(14(9)2)11(8,12)13/h8-10H,3-6H2,1-2H3/t8-,9?,10?/m0/s1. The maximum Gasteiger partial charge on any atom is 0.268 e. The van der Waals surface area contributed by atoms with E-state index in [0.717, 1.165) is 0 Å². The van der Waals surface area contributed by atoms with Crippen molar-refractivity contribution in [2.75, 3.05) is 20.3 Å². The first kappa shape index (κ1) is 11.9. The van der Waals surface area contributed by atoms with Crippen molar-refractivity contribution in [1.29, 1.82) is 0 Å². The second kappa shape index (κ2) is 4.04. The largest absolute Gasteiger partial charge is 0.378 e. The first-order chi connectivity index (χ1) is 7.43. The van der Waals surface area contributed by atoms with Gasteiger partial charge in [0.05, 0.1) is 19.3 Å². The minimum absolute atomic E-state index is 0.0200. The molecule has 0 aliphatic carbocycles. The molecule has 3 nitrogen and oxygen atoms in total. The summed E-state index contributed by atoms with van der Waals surface area (Å²) in [5, 5.41) is 0. The maximum atomic E-state index is 14.1. The summed E-state index contributed by atoms with van der Waals surface area (Å²) in [5.41, 5.74) is 0. The lowest BCUT2D eigenvalue weighted by molar-refractivity contribution is -0.212. The molecule has 3 atom stereocenters. The number of morpholine rings is 1. The lowest BCUT2D eigenvalue weighted by atomic mass is 9.79. The van der Waals surface area contributed by atoms with Crippen LogP contribution >= 0.6 is 0 Å². The topological polar surface area (TPSA) is 29.5 Å². The summed E-state index contributed by atoms with van der Waals surface area (Å²) < 4.78 is 33.3. The van der Waals surface area contributed by atoms with Gasteiger partial charge in [-0.3, -0.25) is 4.90 Å². The van der Waals surface area contributed by atoms with Crippen molar-refractivity contribution in [1.82, 2.24) is 4.90 Å². The van der Waals surface area contributed by atoms with Gasteiger partial charge in [-0.2, -0.15) is 0 Å². The molecule has 2 aliphatic heterocycles. The summed E-state index contributed by atoms with van der Waals surface area (Å²) in [4.78, 5) is 12.7. The number of ketones is 1. The molecule has 2 fully saturated rings. The zero-order chi connectivity index (χ0) is 11.9. The highest BCUT2D eigenvalue weighted by atomic mass is 19.3. The maximum absolute atomic E-state index is 14.1. The molecule has 0 aromatic carbocycles. The number of likely N-dealkylation sites (N-methyl/N-ethyl adjacent to an activating group) is 1. The Bertz CT molecular complexity index is 296. The Hall–Kier alpha value is -0.550. The van der Waals surface area contributed by atoms with Gasteiger partial charge in [0, 0.05) is 18.4 Å². The van der Waals surface area contributed by atoms with Crippen LogP contribution in [-0.2, 0) is 9.53 Å². The summed E-state index contributed by atoms with van der Waals surface area (Å²) in [6.07, 6.45) is 0.327. The molecule has 2 aliphatic rings. The van der Waals surface area contributed by atoms with Crippen LogP contribution in [0.5, 0.6) is 0 Å². The molecule has 2 unspecified atom stereocenters. The van der Waals surface area contributed by atoms with E-state index in [1.54, 1.807) is 11.9 Å². The van der Waals surface area contributed by atoms with Crippen molar-refractivity contribution >= 4 is 5.78 Å². The molecule has 2 rings (SSSR count). The van der Waals surface area contributed by atoms with Crippen molar-refractivity contribution < 1.29 is 18.3 Å². The Morgan fingerprint density at radius 3 is 2.81 bits per heavy atom. The minimum atomic E-state index is -2.82. The summed E-state index contributed by atoms with van der Waals surface area (Å²) >= 11 is 0. The molecule has 2 saturated heterocycles. The first-order valence-electron chi connectivity index (χ1n) is 5.60. The minimum Gasteiger partial charge on any atom is -0.378 e. The average molecular weight is 233 g/mol. The molecule has 0 aromatic heterocycles. The van der Waals surface area contributed by atoms with E-state index in [2.05, 4.69) is 0 Å². The average Bonchev–Trinajstić information content (AvgIpc) is 2.16. The van der Waals surface area contributed by atoms with E-state index >= 15 is 0 Å². The van der Waals surface area contributed by atoms with Gasteiger partial charge in [0.25, 0.3) is 5.92 Å². The molecule has 0 spiro atoms. The summed E-state index contributed by atoms with van der Waals surface area (Å²) in [6, 6.07) is -0.841. The molecule has 0 radical (unpaired) electrons. The number of carbonyl (C=O) groups excluding carboxylic acids is 1. The zero-order valence-electron chi connectivity index (χ0n) is 9.58. The Kier molecular flexibility index (Phi) is 3.01. The monoisotopic (exact) mass is 233 g/mol. The Balaban J connectivity index is 2.19. The quantitative estimate of drug-likeness (QED) is 0.720. The van der Waals surface area contributed by atoms with Crippen LogP contribution in [0.25, 0.3) is 0 Å². The highest BCUT2D eigenvalue weighted by molar-refractivity contribution is 5.75. The third-order valence-corrected chi connectivity index (χ3v) is 3.73. The normalized spacial score (nSPS) is 38.4. The van der Waals surface area contributed by atoms with Crippen molar-refractivity contribution in [3.8, 4) is 0 Å². The van der Waals surface area contributed by atoms with Crippen molar-refractivity contribution in [3.05, 3.63) is 0 Å². The number of fused-ring (bicyclic) bond motifs is 2. The van der Waals surface area contributed by atoms with Gasteiger partial charge in [-0.05, 0) is 20.4 Å². The van der Waals surface area contributed by atoms with Crippen LogP contribution in [0.2, 0.25) is 0 Å². The van der Waals surface area contributed by atoms with Gasteiger partial charge >= 0.3 is 0 Å². The van der Waals surface area contributed by atoms with E-state index in [1.165, 1.54) is 6.92 Å². The lowest BCUT2D eigenvalue weighted by Gasteiger charge is -2.50. The van der Waals surface area contributed by atoms with Crippen LogP contribution in [-0.4, -0.2) is 49.0 Å². The summed E-state index contributed by atoms with van der Waals surface area (Å²) in [5.74, 6) is -3.80. The number of nitrogens with zero attached hydrogens (tertiary/aromatic N) is 1. The Morgan fingerprint density at radius 2 is 2.19 bits per heavy atom. The molecule has 92 valence electrons. The van der Waals surface area contributed by atoms with E-state index < -0.39 is 17.9 Å². The van der Waals surface area contributed by atoms with Crippen molar-refractivity contribution in [2.45, 2.75) is 37.8 Å². The molecular weight excluding hydrogens is 216 g/mol. The Morgan fingerprint density at radius 1 is 1.50 bits per heavy atom. The predicted octanol–water partition coefficient (Wildman–Crippen LogP) is 1.32. The third-order valence-electron chi connectivity index (χ3n) is 3.73. The smallest absolute Gasteiger partial charge is 0.268 e. The molecule has 0 aromatic rings. The fourth-order valence-electron chi connectivity index (χ4n) is 2.75. The van der Waals surface area contributed by atoms with Crippen LogP contribution in [0.4, 0.5) is 8.78 Å². The molecule has 0 amide bonds. The first-order valence-corrected chi connectivity index (χ1v) is 5.60. The Labute approximate surface area is 93.7 Å². The van der Waals surface area contributed by atoms with Gasteiger partial charge in [-0.1, -0.05) is 0 Å². The predicted molar refractivity (Wildman–Crippen MR) is 54.5 cm³/mol. The van der Waals surface area contributed by atoms with E-state index in [4.69, 9.17) is 4.74 Å². The zero-order valence-corrected chi connectivity index (χ0v) is 9.58. The second-order valence-corrected chi connectivity index (χ2v) is 4.89. The molecule has 2 bridgehead atoms. The summed E-state index contributed by atoms with van der Waals surface area (Å²) in [7, 11) is 1.72. The van der Waals surface area contributed by atoms with E-state index in [1.807, 2.05) is 0 Å². The van der Waals surface area contributed by atoms with Gasteiger partial charge < -0.3 is 9.53 Å². The number of Topliss-reactive ketones (excluding diaryl/α,β-unsaturated/α-hetero) is 1. The fourth-order valence-corrected chi connectivity index (χ4v) is 2.75. The number of rotatable bonds is 2. The SMILES string of the molecule is CC(=O)C[C@H]1CC2COCC(N2C)C1(F)F. The number of hydrogen-bond acceptors (Lipinski definition) is 3. The van der Waals surface area contributed by atoms with E-state index in [0.29, 0.717) is 13.0 Å². The van der Waals surface area contributed by atoms with Gasteiger partial charge in [0.15, 0.2) is 0 Å². The van der Waals surface area contributed by atoms with Crippen LogP contribution in [0.15, 0.2) is 0 Å². The van der Waals surface area contributed by atoms with Crippen LogP contribution in [0, 0.1) is 5.92 Å².